The minimum Gasteiger partial charge on any atom is -0.508 e. The standard InChI is InChI=1S/C23H18ClN3O2/c1-27-20-5-3-2-4-17(20)14-21(27)23(29)26-25-22(15-6-10-18(24)11-7-15)16-8-12-19(28)13-9-16/h2-14,28H,1H3,(H,26,29)/b25-22+. The normalized spacial score (nSPS) is 11.6. The van der Waals surface area contributed by atoms with E-state index < -0.39 is 0 Å². The van der Waals surface area contributed by atoms with Gasteiger partial charge in [0.2, 0.25) is 0 Å². The molecule has 0 radical (unpaired) electrons. The third-order valence-electron chi connectivity index (χ3n) is 4.71. The van der Waals surface area contributed by atoms with E-state index in [-0.39, 0.29) is 11.7 Å². The number of hydrogen-bond donors (Lipinski definition) is 2. The lowest BCUT2D eigenvalue weighted by atomic mass is 10.0. The molecule has 2 N–H and O–H groups in total. The molecule has 0 atom stereocenters. The molecule has 29 heavy (non-hydrogen) atoms. The Hall–Kier alpha value is -3.57. The third-order valence-corrected chi connectivity index (χ3v) is 4.96. The van der Waals surface area contributed by atoms with Gasteiger partial charge in [-0.25, -0.2) is 5.43 Å². The molecule has 6 heteroatoms. The van der Waals surface area contributed by atoms with E-state index in [2.05, 4.69) is 10.5 Å². The number of nitrogens with one attached hydrogen (secondary N) is 1. The number of fused-ring (bicyclic) bond motifs is 1. The average Bonchev–Trinajstić information content (AvgIpc) is 3.07. The van der Waals surface area contributed by atoms with Crippen molar-refractivity contribution in [2.24, 2.45) is 12.1 Å². The summed E-state index contributed by atoms with van der Waals surface area (Å²) in [5, 5.41) is 15.6. The summed E-state index contributed by atoms with van der Waals surface area (Å²) in [6.07, 6.45) is 0. The van der Waals surface area contributed by atoms with E-state index in [1.165, 1.54) is 0 Å². The van der Waals surface area contributed by atoms with Gasteiger partial charge in [0.25, 0.3) is 5.91 Å². The molecule has 0 spiro atoms. The van der Waals surface area contributed by atoms with Gasteiger partial charge in [-0.2, -0.15) is 5.10 Å². The van der Waals surface area contributed by atoms with Gasteiger partial charge < -0.3 is 9.67 Å². The van der Waals surface area contributed by atoms with Crippen molar-refractivity contribution >= 4 is 34.1 Å². The first-order valence-corrected chi connectivity index (χ1v) is 9.38. The second kappa shape index (κ2) is 7.81. The van der Waals surface area contributed by atoms with E-state index in [9.17, 15) is 9.90 Å². The molecule has 1 amide bonds. The van der Waals surface area contributed by atoms with E-state index >= 15 is 0 Å². The maximum atomic E-state index is 12.8. The lowest BCUT2D eigenvalue weighted by molar-refractivity contribution is 0.0947. The molecule has 4 aromatic rings. The zero-order chi connectivity index (χ0) is 20.4. The lowest BCUT2D eigenvalue weighted by Crippen LogP contribution is -2.22. The second-order valence-corrected chi connectivity index (χ2v) is 7.04. The molecule has 5 nitrogen and oxygen atoms in total. The van der Waals surface area contributed by atoms with E-state index in [1.807, 2.05) is 54.1 Å². The highest BCUT2D eigenvalue weighted by Gasteiger charge is 2.14. The SMILES string of the molecule is Cn1c(C(=O)N/N=C(/c2ccc(O)cc2)c2ccc(Cl)cc2)cc2ccccc21. The minimum atomic E-state index is -0.311. The topological polar surface area (TPSA) is 66.6 Å². The molecule has 0 bridgehead atoms. The van der Waals surface area contributed by atoms with Crippen LogP contribution in [0.5, 0.6) is 5.75 Å². The first kappa shape index (κ1) is 18.8. The number of halogens is 1. The van der Waals surface area contributed by atoms with E-state index in [0.717, 1.165) is 22.0 Å². The molecular weight excluding hydrogens is 386 g/mol. The predicted molar refractivity (Wildman–Crippen MR) is 116 cm³/mol. The molecule has 0 aliphatic heterocycles. The molecule has 3 aromatic carbocycles. The number of rotatable bonds is 4. The van der Waals surface area contributed by atoms with Gasteiger partial charge in [-0.1, -0.05) is 41.9 Å². The van der Waals surface area contributed by atoms with Crippen LogP contribution in [0, 0.1) is 0 Å². The summed E-state index contributed by atoms with van der Waals surface area (Å²) in [5.74, 6) is -0.155. The Kier molecular flexibility index (Phi) is 5.06. The second-order valence-electron chi connectivity index (χ2n) is 6.60. The number of hydrogen-bond acceptors (Lipinski definition) is 3. The van der Waals surface area contributed by atoms with Crippen LogP contribution in [0.15, 0.2) is 84.0 Å². The van der Waals surface area contributed by atoms with Crippen LogP contribution in [0.1, 0.15) is 21.6 Å². The van der Waals surface area contributed by atoms with E-state index in [4.69, 9.17) is 11.6 Å². The van der Waals surface area contributed by atoms with Crippen LogP contribution in [0.25, 0.3) is 10.9 Å². The zero-order valence-electron chi connectivity index (χ0n) is 15.6. The number of carbonyl (C=O) groups is 1. The van der Waals surface area contributed by atoms with Gasteiger partial charge in [0.15, 0.2) is 0 Å². The number of aryl methyl sites for hydroxylation is 1. The number of aromatic hydroxyl groups is 1. The van der Waals surface area contributed by atoms with Crippen LogP contribution in [0.2, 0.25) is 5.02 Å². The fraction of sp³-hybridized carbons (Fsp3) is 0.0435. The maximum absolute atomic E-state index is 12.8. The van der Waals surface area contributed by atoms with Crippen molar-refractivity contribution in [3.63, 3.8) is 0 Å². The van der Waals surface area contributed by atoms with Crippen molar-refractivity contribution in [3.05, 3.63) is 101 Å². The number of aromatic nitrogens is 1. The molecule has 0 fully saturated rings. The third kappa shape index (κ3) is 3.86. The minimum absolute atomic E-state index is 0.156. The summed E-state index contributed by atoms with van der Waals surface area (Å²) in [6, 6.07) is 23.5. The fourth-order valence-electron chi connectivity index (χ4n) is 3.19. The molecule has 0 aliphatic carbocycles. The van der Waals surface area contributed by atoms with Crippen molar-refractivity contribution in [3.8, 4) is 5.75 Å². The van der Waals surface area contributed by atoms with Crippen molar-refractivity contribution < 1.29 is 9.90 Å². The summed E-state index contributed by atoms with van der Waals surface area (Å²) >= 11 is 6.00. The smallest absolute Gasteiger partial charge is 0.288 e. The maximum Gasteiger partial charge on any atom is 0.288 e. The predicted octanol–water partition coefficient (Wildman–Crippen LogP) is 4.72. The molecule has 1 heterocycles. The van der Waals surface area contributed by atoms with Gasteiger partial charge in [-0.3, -0.25) is 4.79 Å². The average molecular weight is 404 g/mol. The summed E-state index contributed by atoms with van der Waals surface area (Å²) in [4.78, 5) is 12.8. The largest absolute Gasteiger partial charge is 0.508 e. The van der Waals surface area contributed by atoms with Crippen molar-refractivity contribution in [2.75, 3.05) is 0 Å². The van der Waals surface area contributed by atoms with Gasteiger partial charge in [-0.15, -0.1) is 0 Å². The number of phenolic OH excluding ortho intramolecular Hbond substituents is 1. The lowest BCUT2D eigenvalue weighted by Gasteiger charge is -2.09. The molecule has 0 saturated carbocycles. The number of phenols is 1. The van der Waals surface area contributed by atoms with Crippen LogP contribution in [0.3, 0.4) is 0 Å². The molecule has 0 unspecified atom stereocenters. The number of para-hydroxylation sites is 1. The van der Waals surface area contributed by atoms with Crippen molar-refractivity contribution in [1.29, 1.82) is 0 Å². The highest BCUT2D eigenvalue weighted by Crippen LogP contribution is 2.19. The van der Waals surface area contributed by atoms with Gasteiger partial charge in [0.05, 0.1) is 5.71 Å². The number of hydrazone groups is 1. The van der Waals surface area contributed by atoms with Crippen LogP contribution in [-0.2, 0) is 7.05 Å². The number of amides is 1. The Balaban J connectivity index is 1.70. The summed E-state index contributed by atoms with van der Waals surface area (Å²) < 4.78 is 1.84. The van der Waals surface area contributed by atoms with Crippen LogP contribution < -0.4 is 5.43 Å². The monoisotopic (exact) mass is 403 g/mol. The summed E-state index contributed by atoms with van der Waals surface area (Å²) in [5.41, 5.74) is 6.25. The van der Waals surface area contributed by atoms with Crippen LogP contribution >= 0.6 is 11.6 Å². The molecular formula is C23H18ClN3O2. The first-order chi connectivity index (χ1) is 14.0. The number of nitrogens with zero attached hydrogens (tertiary/aromatic N) is 2. The van der Waals surface area contributed by atoms with E-state index in [1.54, 1.807) is 36.4 Å². The van der Waals surface area contributed by atoms with Gasteiger partial charge in [-0.05, 0) is 48.5 Å². The van der Waals surface area contributed by atoms with Crippen molar-refractivity contribution in [1.82, 2.24) is 9.99 Å². The molecule has 0 aliphatic rings. The number of carbonyl (C=O) groups excluding carboxylic acids is 1. The number of benzene rings is 3. The highest BCUT2D eigenvalue weighted by molar-refractivity contribution is 6.30. The zero-order valence-corrected chi connectivity index (χ0v) is 16.4. The van der Waals surface area contributed by atoms with Gasteiger partial charge in [0.1, 0.15) is 11.4 Å². The highest BCUT2D eigenvalue weighted by atomic mass is 35.5. The Morgan fingerprint density at radius 3 is 2.24 bits per heavy atom. The van der Waals surface area contributed by atoms with Gasteiger partial charge in [0, 0.05) is 34.1 Å². The molecule has 144 valence electrons. The van der Waals surface area contributed by atoms with Crippen LogP contribution in [0.4, 0.5) is 0 Å². The quantitative estimate of drug-likeness (QED) is 0.382. The van der Waals surface area contributed by atoms with Crippen molar-refractivity contribution in [2.45, 2.75) is 0 Å². The fourth-order valence-corrected chi connectivity index (χ4v) is 3.32. The molecule has 1 aromatic heterocycles. The Morgan fingerprint density at radius 2 is 1.59 bits per heavy atom. The molecule has 4 rings (SSSR count). The first-order valence-electron chi connectivity index (χ1n) is 9.01. The Bertz CT molecular complexity index is 1160. The summed E-state index contributed by atoms with van der Waals surface area (Å²) in [6.45, 7) is 0. The van der Waals surface area contributed by atoms with Gasteiger partial charge >= 0.3 is 0 Å². The van der Waals surface area contributed by atoms with Crippen LogP contribution in [-0.4, -0.2) is 21.3 Å². The Morgan fingerprint density at radius 1 is 0.966 bits per heavy atom. The summed E-state index contributed by atoms with van der Waals surface area (Å²) in [7, 11) is 1.85. The molecule has 0 saturated heterocycles. The Labute approximate surface area is 172 Å². The van der Waals surface area contributed by atoms with E-state index in [0.29, 0.717) is 16.4 Å².